The zero-order chi connectivity index (χ0) is 22.8. The molecule has 0 fully saturated rings. The van der Waals surface area contributed by atoms with Crippen LogP contribution in [0.1, 0.15) is 18.7 Å². The maximum Gasteiger partial charge on any atom is 0.255 e. The fraction of sp³-hybridized carbons (Fsp3) is 0.125. The molecule has 0 bridgehead atoms. The maximum absolute atomic E-state index is 13.4. The van der Waals surface area contributed by atoms with E-state index in [1.54, 1.807) is 42.5 Å². The first kappa shape index (κ1) is 20.4. The van der Waals surface area contributed by atoms with Crippen molar-refractivity contribution in [3.63, 3.8) is 0 Å². The van der Waals surface area contributed by atoms with Crippen molar-refractivity contribution < 1.29 is 9.53 Å². The summed E-state index contributed by atoms with van der Waals surface area (Å²) in [6.45, 7) is 1.84. The molecule has 1 aliphatic rings. The second kappa shape index (κ2) is 8.54. The monoisotopic (exact) mass is 439 g/mol. The summed E-state index contributed by atoms with van der Waals surface area (Å²) in [6, 6.07) is 16.1. The highest BCUT2D eigenvalue weighted by Gasteiger charge is 2.35. The summed E-state index contributed by atoms with van der Waals surface area (Å²) in [5.74, 6) is 1.48. The van der Waals surface area contributed by atoms with Crippen molar-refractivity contribution in [3.8, 4) is 17.1 Å². The quantitative estimate of drug-likeness (QED) is 0.489. The standard InChI is InChI=1S/C24H21N7O2/c1-15-20(23(32)28-17-8-6-11-25-14-17)21(19-10-3-4-12-26-19)31-24(27-15)29-22(30-31)16-7-5-9-18(13-16)33-2/h3-14,21H,1-2H3,(H,28,32)(H,27,29,30). The van der Waals surface area contributed by atoms with Crippen molar-refractivity contribution in [2.75, 3.05) is 17.7 Å². The topological polar surface area (TPSA) is 107 Å². The molecular formula is C24H21N7O2. The molecule has 1 unspecified atom stereocenters. The van der Waals surface area contributed by atoms with Crippen LogP contribution in [-0.2, 0) is 4.79 Å². The van der Waals surface area contributed by atoms with E-state index in [9.17, 15) is 4.79 Å². The Balaban J connectivity index is 1.59. The number of benzene rings is 1. The van der Waals surface area contributed by atoms with Crippen LogP contribution >= 0.6 is 0 Å². The minimum absolute atomic E-state index is 0.271. The molecule has 33 heavy (non-hydrogen) atoms. The molecule has 2 N–H and O–H groups in total. The SMILES string of the molecule is COc1cccc(-c2nc3n(n2)C(c2ccccn2)C(C(=O)Nc2cccnc2)=C(C)N3)c1. The number of nitrogens with zero attached hydrogens (tertiary/aromatic N) is 5. The van der Waals surface area contributed by atoms with E-state index in [1.807, 2.05) is 49.4 Å². The Hall–Kier alpha value is -4.53. The molecule has 164 valence electrons. The first-order valence-corrected chi connectivity index (χ1v) is 10.3. The van der Waals surface area contributed by atoms with Gasteiger partial charge in [0.25, 0.3) is 5.91 Å². The van der Waals surface area contributed by atoms with E-state index in [0.29, 0.717) is 40.2 Å². The number of nitrogens with one attached hydrogen (secondary N) is 2. The van der Waals surface area contributed by atoms with Gasteiger partial charge >= 0.3 is 0 Å². The number of carbonyl (C=O) groups excluding carboxylic acids is 1. The molecule has 1 aliphatic heterocycles. The van der Waals surface area contributed by atoms with Crippen LogP contribution in [0, 0.1) is 0 Å². The lowest BCUT2D eigenvalue weighted by Gasteiger charge is -2.27. The Kier molecular flexibility index (Phi) is 5.27. The Morgan fingerprint density at radius 2 is 2.03 bits per heavy atom. The van der Waals surface area contributed by atoms with E-state index in [-0.39, 0.29) is 5.91 Å². The summed E-state index contributed by atoms with van der Waals surface area (Å²) in [5.41, 5.74) is 3.25. The number of hydrogen-bond acceptors (Lipinski definition) is 7. The molecular weight excluding hydrogens is 418 g/mol. The minimum Gasteiger partial charge on any atom is -0.497 e. The van der Waals surface area contributed by atoms with Gasteiger partial charge in [-0.2, -0.15) is 4.98 Å². The lowest BCUT2D eigenvalue weighted by atomic mass is 9.98. The van der Waals surface area contributed by atoms with Crippen molar-refractivity contribution in [2.24, 2.45) is 0 Å². The van der Waals surface area contributed by atoms with Crippen LogP contribution in [0.3, 0.4) is 0 Å². The normalized spacial score (nSPS) is 14.9. The fourth-order valence-electron chi connectivity index (χ4n) is 3.78. The molecule has 9 nitrogen and oxygen atoms in total. The lowest BCUT2D eigenvalue weighted by Crippen LogP contribution is -2.32. The number of aromatic nitrogens is 5. The molecule has 0 spiro atoms. The Morgan fingerprint density at radius 1 is 1.12 bits per heavy atom. The van der Waals surface area contributed by atoms with Gasteiger partial charge < -0.3 is 15.4 Å². The van der Waals surface area contributed by atoms with Gasteiger partial charge in [-0.15, -0.1) is 5.10 Å². The molecule has 0 saturated heterocycles. The largest absolute Gasteiger partial charge is 0.497 e. The zero-order valence-electron chi connectivity index (χ0n) is 18.1. The number of hydrogen-bond donors (Lipinski definition) is 2. The number of ether oxygens (including phenoxy) is 1. The van der Waals surface area contributed by atoms with E-state index in [4.69, 9.17) is 9.84 Å². The van der Waals surface area contributed by atoms with Gasteiger partial charge in [0.05, 0.1) is 30.3 Å². The van der Waals surface area contributed by atoms with Gasteiger partial charge in [0.2, 0.25) is 5.95 Å². The highest BCUT2D eigenvalue weighted by Crippen LogP contribution is 2.36. The zero-order valence-corrected chi connectivity index (χ0v) is 18.1. The van der Waals surface area contributed by atoms with E-state index >= 15 is 0 Å². The van der Waals surface area contributed by atoms with Crippen molar-refractivity contribution in [3.05, 3.63) is 90.2 Å². The molecule has 4 aromatic rings. The Bertz CT molecular complexity index is 1330. The highest BCUT2D eigenvalue weighted by atomic mass is 16.5. The van der Waals surface area contributed by atoms with E-state index in [1.165, 1.54) is 0 Å². The second-order valence-corrected chi connectivity index (χ2v) is 7.45. The van der Waals surface area contributed by atoms with Crippen LogP contribution in [-0.4, -0.2) is 37.7 Å². The van der Waals surface area contributed by atoms with Crippen molar-refractivity contribution in [1.29, 1.82) is 0 Å². The van der Waals surface area contributed by atoms with Gasteiger partial charge in [-0.3, -0.25) is 14.8 Å². The predicted molar refractivity (Wildman–Crippen MR) is 124 cm³/mol. The van der Waals surface area contributed by atoms with Crippen LogP contribution in [0.4, 0.5) is 11.6 Å². The van der Waals surface area contributed by atoms with Crippen LogP contribution in [0.2, 0.25) is 0 Å². The van der Waals surface area contributed by atoms with Gasteiger partial charge in [0.15, 0.2) is 5.82 Å². The van der Waals surface area contributed by atoms with Crippen molar-refractivity contribution in [2.45, 2.75) is 13.0 Å². The molecule has 0 aliphatic carbocycles. The summed E-state index contributed by atoms with van der Waals surface area (Å²) >= 11 is 0. The van der Waals surface area contributed by atoms with Gasteiger partial charge in [-0.05, 0) is 43.3 Å². The first-order chi connectivity index (χ1) is 16.1. The number of pyridine rings is 2. The van der Waals surface area contributed by atoms with Gasteiger partial charge in [-0.1, -0.05) is 18.2 Å². The maximum atomic E-state index is 13.4. The lowest BCUT2D eigenvalue weighted by molar-refractivity contribution is -0.113. The van der Waals surface area contributed by atoms with Crippen LogP contribution in [0.5, 0.6) is 5.75 Å². The molecule has 0 radical (unpaired) electrons. The third-order valence-corrected chi connectivity index (χ3v) is 5.31. The summed E-state index contributed by atoms with van der Waals surface area (Å²) < 4.78 is 7.03. The van der Waals surface area contributed by atoms with Crippen molar-refractivity contribution in [1.82, 2.24) is 24.7 Å². The molecule has 5 rings (SSSR count). The predicted octanol–water partition coefficient (Wildman–Crippen LogP) is 3.67. The highest BCUT2D eigenvalue weighted by molar-refractivity contribution is 6.05. The smallest absolute Gasteiger partial charge is 0.255 e. The molecule has 4 heterocycles. The number of rotatable bonds is 5. The molecule has 9 heteroatoms. The number of carbonyl (C=O) groups is 1. The molecule has 3 aromatic heterocycles. The van der Waals surface area contributed by atoms with Crippen molar-refractivity contribution >= 4 is 17.5 Å². The van der Waals surface area contributed by atoms with Crippen LogP contribution in [0.15, 0.2) is 84.5 Å². The van der Waals surface area contributed by atoms with Crippen LogP contribution < -0.4 is 15.4 Å². The average Bonchev–Trinajstić information content (AvgIpc) is 3.28. The summed E-state index contributed by atoms with van der Waals surface area (Å²) in [6.07, 6.45) is 4.95. The number of allylic oxidation sites excluding steroid dienone is 1. The number of fused-ring (bicyclic) bond motifs is 1. The summed E-state index contributed by atoms with van der Waals surface area (Å²) in [7, 11) is 1.61. The molecule has 1 amide bonds. The molecule has 0 saturated carbocycles. The number of amides is 1. The van der Waals surface area contributed by atoms with E-state index in [0.717, 1.165) is 5.56 Å². The number of anilines is 2. The van der Waals surface area contributed by atoms with Gasteiger partial charge in [-0.25, -0.2) is 4.68 Å². The van der Waals surface area contributed by atoms with E-state index < -0.39 is 6.04 Å². The summed E-state index contributed by atoms with van der Waals surface area (Å²) in [4.78, 5) is 26.7. The third-order valence-electron chi connectivity index (χ3n) is 5.31. The average molecular weight is 439 g/mol. The molecule has 1 atom stereocenters. The van der Waals surface area contributed by atoms with Crippen LogP contribution in [0.25, 0.3) is 11.4 Å². The Morgan fingerprint density at radius 3 is 2.79 bits per heavy atom. The van der Waals surface area contributed by atoms with E-state index in [2.05, 4.69) is 25.6 Å². The first-order valence-electron chi connectivity index (χ1n) is 10.3. The number of methoxy groups -OCH3 is 1. The Labute approximate surface area is 190 Å². The molecule has 1 aromatic carbocycles. The van der Waals surface area contributed by atoms with Gasteiger partial charge in [0.1, 0.15) is 11.8 Å². The van der Waals surface area contributed by atoms with Gasteiger partial charge in [0, 0.05) is 23.7 Å². The minimum atomic E-state index is -0.564. The fourth-order valence-corrected chi connectivity index (χ4v) is 3.78. The summed E-state index contributed by atoms with van der Waals surface area (Å²) in [5, 5.41) is 10.9. The third kappa shape index (κ3) is 3.91. The second-order valence-electron chi connectivity index (χ2n) is 7.45.